The first kappa shape index (κ1) is 28.3. The molecule has 196 valence electrons. The average Bonchev–Trinajstić information content (AvgIpc) is 2.93. The van der Waals surface area contributed by atoms with Gasteiger partial charge in [-0.3, -0.25) is 9.59 Å². The molecule has 0 bridgehead atoms. The number of aldehydes is 1. The molecule has 0 fully saturated rings. The van der Waals surface area contributed by atoms with Crippen molar-refractivity contribution in [1.29, 1.82) is 0 Å². The largest absolute Gasteiger partial charge is 0.507 e. The molecule has 0 aliphatic rings. The SMILES string of the molecule is O=Cc1cc(C(=O)C[NH+](CCCCCCOCCCCc2ccccc2)Cc2ccccc2)ccc1O. The summed E-state index contributed by atoms with van der Waals surface area (Å²) < 4.78 is 5.81. The monoisotopic (exact) mass is 502 g/mol. The van der Waals surface area contributed by atoms with Crippen molar-refractivity contribution in [1.82, 2.24) is 0 Å². The summed E-state index contributed by atoms with van der Waals surface area (Å²) in [6.45, 7) is 3.66. The normalized spacial score (nSPS) is 11.8. The number of rotatable bonds is 18. The highest BCUT2D eigenvalue weighted by molar-refractivity contribution is 5.98. The number of aromatic hydroxyl groups is 1. The van der Waals surface area contributed by atoms with E-state index in [1.165, 1.54) is 28.2 Å². The summed E-state index contributed by atoms with van der Waals surface area (Å²) in [5, 5.41) is 9.74. The van der Waals surface area contributed by atoms with E-state index in [4.69, 9.17) is 4.74 Å². The third kappa shape index (κ3) is 10.7. The van der Waals surface area contributed by atoms with Gasteiger partial charge in [-0.25, -0.2) is 0 Å². The second kappa shape index (κ2) is 16.5. The number of ether oxygens (including phenoxy) is 1. The van der Waals surface area contributed by atoms with Crippen molar-refractivity contribution in [3.63, 3.8) is 0 Å². The summed E-state index contributed by atoms with van der Waals surface area (Å²) in [6, 6.07) is 25.3. The number of hydrogen-bond acceptors (Lipinski definition) is 4. The van der Waals surface area contributed by atoms with Crippen LogP contribution in [-0.2, 0) is 17.7 Å². The predicted molar refractivity (Wildman–Crippen MR) is 147 cm³/mol. The van der Waals surface area contributed by atoms with Crippen LogP contribution in [0.3, 0.4) is 0 Å². The molecule has 3 rings (SSSR count). The average molecular weight is 503 g/mol. The highest BCUT2D eigenvalue weighted by atomic mass is 16.5. The van der Waals surface area contributed by atoms with E-state index >= 15 is 0 Å². The molecular formula is C32H40NO4+. The summed E-state index contributed by atoms with van der Waals surface area (Å²) in [5.41, 5.74) is 3.20. The molecule has 0 amide bonds. The second-order valence-corrected chi connectivity index (χ2v) is 9.62. The Bertz CT molecular complexity index is 1070. The van der Waals surface area contributed by atoms with Gasteiger partial charge in [0.15, 0.2) is 6.29 Å². The number of unbranched alkanes of at least 4 members (excludes halogenated alkanes) is 4. The topological polar surface area (TPSA) is 68.0 Å². The number of hydrogen-bond donors (Lipinski definition) is 2. The van der Waals surface area contributed by atoms with Gasteiger partial charge in [0.25, 0.3) is 0 Å². The maximum atomic E-state index is 13.0. The molecule has 3 aromatic carbocycles. The van der Waals surface area contributed by atoms with Crippen LogP contribution in [0.15, 0.2) is 78.9 Å². The van der Waals surface area contributed by atoms with Crippen molar-refractivity contribution in [2.24, 2.45) is 0 Å². The minimum atomic E-state index is -0.101. The van der Waals surface area contributed by atoms with E-state index in [1.807, 2.05) is 18.2 Å². The van der Waals surface area contributed by atoms with E-state index in [1.54, 1.807) is 6.07 Å². The molecule has 0 aliphatic carbocycles. The maximum Gasteiger partial charge on any atom is 0.216 e. The fourth-order valence-electron chi connectivity index (χ4n) is 4.49. The maximum absolute atomic E-state index is 13.0. The summed E-state index contributed by atoms with van der Waals surface area (Å²) in [6.07, 6.45) is 8.28. The van der Waals surface area contributed by atoms with Crippen LogP contribution < -0.4 is 4.90 Å². The Hall–Kier alpha value is -3.28. The van der Waals surface area contributed by atoms with Crippen LogP contribution in [0, 0.1) is 0 Å². The van der Waals surface area contributed by atoms with E-state index in [-0.39, 0.29) is 17.1 Å². The first-order chi connectivity index (χ1) is 18.2. The number of Topliss-reactive ketones (excluding diaryl/α,β-unsaturated/α-hetero) is 1. The van der Waals surface area contributed by atoms with Crippen LogP contribution in [0.1, 0.15) is 70.4 Å². The van der Waals surface area contributed by atoms with Crippen molar-refractivity contribution in [2.45, 2.75) is 51.5 Å². The molecule has 5 nitrogen and oxygen atoms in total. The van der Waals surface area contributed by atoms with Crippen LogP contribution >= 0.6 is 0 Å². The van der Waals surface area contributed by atoms with Crippen LogP contribution in [0.4, 0.5) is 0 Å². The van der Waals surface area contributed by atoms with Gasteiger partial charge in [-0.1, -0.05) is 67.1 Å². The van der Waals surface area contributed by atoms with E-state index in [0.29, 0.717) is 18.4 Å². The van der Waals surface area contributed by atoms with E-state index in [2.05, 4.69) is 42.5 Å². The molecule has 37 heavy (non-hydrogen) atoms. The molecule has 3 aromatic rings. The van der Waals surface area contributed by atoms with E-state index in [0.717, 1.165) is 71.2 Å². The third-order valence-electron chi connectivity index (χ3n) is 6.60. The number of benzene rings is 3. The standard InChI is InChI=1S/C32H39NO4/c34-26-30-23-29(18-19-31(30)35)32(36)25-33(24-28-16-7-4-8-17-28)20-10-1-2-11-21-37-22-12-9-15-27-13-5-3-6-14-27/h3-8,13-14,16-19,23,26,35H,1-2,9-12,15,20-22,24-25H2/p+1. The molecule has 0 aliphatic heterocycles. The second-order valence-electron chi connectivity index (χ2n) is 9.62. The van der Waals surface area contributed by atoms with E-state index < -0.39 is 0 Å². The van der Waals surface area contributed by atoms with Gasteiger partial charge in [0.2, 0.25) is 5.78 Å². The molecule has 0 radical (unpaired) electrons. The number of ketones is 1. The molecule has 5 heteroatoms. The Morgan fingerprint density at radius 1 is 0.784 bits per heavy atom. The van der Waals surface area contributed by atoms with Gasteiger partial charge < -0.3 is 14.7 Å². The van der Waals surface area contributed by atoms with Gasteiger partial charge in [0, 0.05) is 24.3 Å². The predicted octanol–water partition coefficient (Wildman–Crippen LogP) is 5.07. The minimum Gasteiger partial charge on any atom is -0.507 e. The molecule has 2 N–H and O–H groups in total. The van der Waals surface area contributed by atoms with Gasteiger partial charge in [0.05, 0.1) is 12.1 Å². The highest BCUT2D eigenvalue weighted by Crippen LogP contribution is 2.16. The summed E-state index contributed by atoms with van der Waals surface area (Å²) in [4.78, 5) is 25.3. The lowest BCUT2D eigenvalue weighted by Crippen LogP contribution is -3.11. The molecule has 0 aromatic heterocycles. The fraction of sp³-hybridized carbons (Fsp3) is 0.375. The van der Waals surface area contributed by atoms with Crippen molar-refractivity contribution in [3.05, 3.63) is 101 Å². The lowest BCUT2D eigenvalue weighted by atomic mass is 10.1. The van der Waals surface area contributed by atoms with Crippen molar-refractivity contribution < 1.29 is 24.3 Å². The lowest BCUT2D eigenvalue weighted by molar-refractivity contribution is -0.905. The third-order valence-corrected chi connectivity index (χ3v) is 6.60. The van der Waals surface area contributed by atoms with Crippen LogP contribution in [0.2, 0.25) is 0 Å². The Morgan fingerprint density at radius 2 is 1.43 bits per heavy atom. The summed E-state index contributed by atoms with van der Waals surface area (Å²) >= 11 is 0. The van der Waals surface area contributed by atoms with Gasteiger partial charge in [-0.15, -0.1) is 0 Å². The number of carbonyl (C=O) groups excluding carboxylic acids is 2. The number of quaternary nitrogens is 1. The summed E-state index contributed by atoms with van der Waals surface area (Å²) in [7, 11) is 0. The van der Waals surface area contributed by atoms with Gasteiger partial charge in [0.1, 0.15) is 18.8 Å². The first-order valence-electron chi connectivity index (χ1n) is 13.5. The van der Waals surface area contributed by atoms with Crippen molar-refractivity contribution >= 4 is 12.1 Å². The zero-order valence-electron chi connectivity index (χ0n) is 21.7. The zero-order valence-corrected chi connectivity index (χ0v) is 21.7. The van der Waals surface area contributed by atoms with Gasteiger partial charge >= 0.3 is 0 Å². The molecular weight excluding hydrogens is 462 g/mol. The number of nitrogens with one attached hydrogen (secondary N) is 1. The van der Waals surface area contributed by atoms with Crippen LogP contribution in [0.5, 0.6) is 5.75 Å². The minimum absolute atomic E-state index is 0.0188. The summed E-state index contributed by atoms with van der Waals surface area (Å²) in [5.74, 6) is -0.120. The quantitative estimate of drug-likeness (QED) is 0.145. The zero-order chi connectivity index (χ0) is 26.1. The molecule has 0 spiro atoms. The van der Waals surface area contributed by atoms with Crippen LogP contribution in [-0.4, -0.2) is 43.5 Å². The Kier molecular flexibility index (Phi) is 12.6. The van der Waals surface area contributed by atoms with Gasteiger partial charge in [-0.2, -0.15) is 0 Å². The van der Waals surface area contributed by atoms with Crippen LogP contribution in [0.25, 0.3) is 0 Å². The Balaban J connectivity index is 1.34. The smallest absolute Gasteiger partial charge is 0.216 e. The van der Waals surface area contributed by atoms with E-state index in [9.17, 15) is 14.7 Å². The van der Waals surface area contributed by atoms with Crippen molar-refractivity contribution in [2.75, 3.05) is 26.3 Å². The first-order valence-corrected chi connectivity index (χ1v) is 13.5. The van der Waals surface area contributed by atoms with Crippen molar-refractivity contribution in [3.8, 4) is 5.75 Å². The van der Waals surface area contributed by atoms with Gasteiger partial charge in [-0.05, 0) is 62.3 Å². The molecule has 1 unspecified atom stereocenters. The molecule has 0 heterocycles. The fourth-order valence-corrected chi connectivity index (χ4v) is 4.49. The molecule has 0 saturated carbocycles. The lowest BCUT2D eigenvalue weighted by Gasteiger charge is -2.19. The highest BCUT2D eigenvalue weighted by Gasteiger charge is 2.17. The number of carbonyl (C=O) groups is 2. The Labute approximate surface area is 221 Å². The Morgan fingerprint density at radius 3 is 2.14 bits per heavy atom. The molecule has 0 saturated heterocycles. The number of aryl methyl sites for hydroxylation is 1. The number of phenols is 1. The number of phenolic OH excluding ortho intramolecular Hbond substituents is 1. The molecule has 1 atom stereocenters.